The van der Waals surface area contributed by atoms with Gasteiger partial charge in [0.25, 0.3) is 0 Å². The van der Waals surface area contributed by atoms with Gasteiger partial charge in [0.1, 0.15) is 5.82 Å². The second-order valence-electron chi connectivity index (χ2n) is 3.14. The molecule has 4 N–H and O–H groups in total. The highest BCUT2D eigenvalue weighted by molar-refractivity contribution is 5.34. The van der Waals surface area contributed by atoms with Gasteiger partial charge in [-0.15, -0.1) is 0 Å². The number of aromatic nitrogens is 4. The van der Waals surface area contributed by atoms with Crippen molar-refractivity contribution >= 4 is 5.82 Å². The van der Waals surface area contributed by atoms with Gasteiger partial charge in [0.05, 0.1) is 12.4 Å². The van der Waals surface area contributed by atoms with Crippen molar-refractivity contribution < 1.29 is 0 Å². The smallest absolute Gasteiger partial charge is 0.121 e. The first-order chi connectivity index (χ1) is 6.61. The zero-order chi connectivity index (χ0) is 10.6. The number of aromatic amines is 2. The quantitative estimate of drug-likeness (QED) is 0.590. The van der Waals surface area contributed by atoms with Crippen molar-refractivity contribution in [2.24, 2.45) is 0 Å². The van der Waals surface area contributed by atoms with Crippen molar-refractivity contribution in [3.63, 3.8) is 0 Å². The van der Waals surface area contributed by atoms with E-state index in [1.807, 2.05) is 27.0 Å². The number of hydrogen-bond acceptors (Lipinski definition) is 3. The van der Waals surface area contributed by atoms with Crippen LogP contribution < -0.4 is 5.73 Å². The standard InChI is InChI=1S/C5H8N2.C4H7N3/c1-4-3-6-7-5(4)2;1-3-2-6-7-4(3)5/h3H,1-2H3,(H,6,7);2H,1H3,(H3,5,6,7). The second-order valence-corrected chi connectivity index (χ2v) is 3.14. The largest absolute Gasteiger partial charge is 0.384 e. The molecule has 14 heavy (non-hydrogen) atoms. The highest BCUT2D eigenvalue weighted by Gasteiger charge is 1.88. The van der Waals surface area contributed by atoms with Gasteiger partial charge in [-0.2, -0.15) is 10.2 Å². The monoisotopic (exact) mass is 193 g/mol. The maximum absolute atomic E-state index is 5.32. The Kier molecular flexibility index (Phi) is 3.28. The average Bonchev–Trinajstić information content (AvgIpc) is 2.67. The molecule has 0 fully saturated rings. The summed E-state index contributed by atoms with van der Waals surface area (Å²) in [7, 11) is 0. The zero-order valence-corrected chi connectivity index (χ0v) is 8.63. The third-order valence-electron chi connectivity index (χ3n) is 1.95. The molecular formula is C9H15N5. The first-order valence-electron chi connectivity index (χ1n) is 4.33. The van der Waals surface area contributed by atoms with Crippen molar-refractivity contribution in [1.29, 1.82) is 0 Å². The lowest BCUT2D eigenvalue weighted by atomic mass is 10.3. The zero-order valence-electron chi connectivity index (χ0n) is 8.63. The molecule has 0 aromatic carbocycles. The van der Waals surface area contributed by atoms with E-state index in [4.69, 9.17) is 5.73 Å². The van der Waals surface area contributed by atoms with Crippen LogP contribution in [-0.2, 0) is 0 Å². The van der Waals surface area contributed by atoms with Crippen LogP contribution in [0.4, 0.5) is 5.82 Å². The van der Waals surface area contributed by atoms with Crippen molar-refractivity contribution in [2.75, 3.05) is 5.73 Å². The molecule has 0 aliphatic heterocycles. The van der Waals surface area contributed by atoms with Gasteiger partial charge in [-0.1, -0.05) is 0 Å². The van der Waals surface area contributed by atoms with Gasteiger partial charge >= 0.3 is 0 Å². The van der Waals surface area contributed by atoms with Crippen LogP contribution >= 0.6 is 0 Å². The normalized spacial score (nSPS) is 9.36. The van der Waals surface area contributed by atoms with Gasteiger partial charge in [0.15, 0.2) is 0 Å². The predicted molar refractivity (Wildman–Crippen MR) is 55.8 cm³/mol. The molecule has 2 aromatic heterocycles. The van der Waals surface area contributed by atoms with Gasteiger partial charge in [-0.05, 0) is 26.3 Å². The Morgan fingerprint density at radius 1 is 1.00 bits per heavy atom. The summed E-state index contributed by atoms with van der Waals surface area (Å²) >= 11 is 0. The van der Waals surface area contributed by atoms with Crippen LogP contribution in [0.3, 0.4) is 0 Å². The number of hydrogen-bond donors (Lipinski definition) is 3. The molecule has 0 unspecified atom stereocenters. The Labute approximate surface area is 82.7 Å². The molecule has 0 saturated heterocycles. The molecule has 0 spiro atoms. The lowest BCUT2D eigenvalue weighted by Crippen LogP contribution is -1.85. The molecule has 2 rings (SSSR count). The van der Waals surface area contributed by atoms with Crippen molar-refractivity contribution in [1.82, 2.24) is 20.4 Å². The lowest BCUT2D eigenvalue weighted by Gasteiger charge is -1.79. The van der Waals surface area contributed by atoms with E-state index in [9.17, 15) is 0 Å². The SMILES string of the molecule is Cc1cn[nH]c1C.Cc1cn[nH]c1N. The molecule has 0 radical (unpaired) electrons. The highest BCUT2D eigenvalue weighted by Crippen LogP contribution is 2.00. The van der Waals surface area contributed by atoms with E-state index in [1.54, 1.807) is 6.20 Å². The number of nitrogens with two attached hydrogens (primary N) is 1. The fourth-order valence-electron chi connectivity index (χ4n) is 0.767. The van der Waals surface area contributed by atoms with E-state index in [1.165, 1.54) is 5.56 Å². The molecular weight excluding hydrogens is 178 g/mol. The van der Waals surface area contributed by atoms with E-state index in [-0.39, 0.29) is 0 Å². The van der Waals surface area contributed by atoms with Gasteiger partial charge in [-0.25, -0.2) is 0 Å². The number of aryl methyl sites for hydroxylation is 3. The summed E-state index contributed by atoms with van der Waals surface area (Å²) in [5, 5.41) is 12.9. The van der Waals surface area contributed by atoms with Crippen LogP contribution in [0, 0.1) is 20.8 Å². The van der Waals surface area contributed by atoms with Gasteiger partial charge in [-0.3, -0.25) is 10.2 Å². The molecule has 0 bridgehead atoms. The Morgan fingerprint density at radius 3 is 1.71 bits per heavy atom. The van der Waals surface area contributed by atoms with Crippen LogP contribution in [-0.4, -0.2) is 20.4 Å². The van der Waals surface area contributed by atoms with Crippen LogP contribution in [0.15, 0.2) is 12.4 Å². The molecule has 5 heteroatoms. The molecule has 76 valence electrons. The molecule has 0 saturated carbocycles. The topological polar surface area (TPSA) is 83.4 Å². The number of nitrogen functional groups attached to an aromatic ring is 1. The minimum absolute atomic E-state index is 0.653. The van der Waals surface area contributed by atoms with E-state index in [0.717, 1.165) is 11.3 Å². The van der Waals surface area contributed by atoms with Crippen molar-refractivity contribution in [2.45, 2.75) is 20.8 Å². The van der Waals surface area contributed by atoms with Crippen LogP contribution in [0.1, 0.15) is 16.8 Å². The fourth-order valence-corrected chi connectivity index (χ4v) is 0.767. The molecule has 0 atom stereocenters. The number of nitrogens with one attached hydrogen (secondary N) is 2. The summed E-state index contributed by atoms with van der Waals surface area (Å²) < 4.78 is 0. The Morgan fingerprint density at radius 2 is 1.57 bits per heavy atom. The third kappa shape index (κ3) is 2.62. The summed E-state index contributed by atoms with van der Waals surface area (Å²) in [6.45, 7) is 5.93. The van der Waals surface area contributed by atoms with Gasteiger partial charge in [0, 0.05) is 11.3 Å². The number of H-pyrrole nitrogens is 2. The molecule has 2 aromatic rings. The minimum Gasteiger partial charge on any atom is -0.384 e. The van der Waals surface area contributed by atoms with E-state index in [0.29, 0.717) is 5.82 Å². The van der Waals surface area contributed by atoms with E-state index in [2.05, 4.69) is 20.4 Å². The third-order valence-corrected chi connectivity index (χ3v) is 1.95. The summed E-state index contributed by atoms with van der Waals surface area (Å²) in [5.74, 6) is 0.653. The summed E-state index contributed by atoms with van der Waals surface area (Å²) in [6, 6.07) is 0. The number of anilines is 1. The fraction of sp³-hybridized carbons (Fsp3) is 0.333. The number of rotatable bonds is 0. The van der Waals surface area contributed by atoms with E-state index < -0.39 is 0 Å². The van der Waals surface area contributed by atoms with Gasteiger partial charge < -0.3 is 5.73 Å². The van der Waals surface area contributed by atoms with Crippen molar-refractivity contribution in [3.8, 4) is 0 Å². The van der Waals surface area contributed by atoms with Crippen LogP contribution in [0.2, 0.25) is 0 Å². The van der Waals surface area contributed by atoms with E-state index >= 15 is 0 Å². The van der Waals surface area contributed by atoms with Crippen molar-refractivity contribution in [3.05, 3.63) is 29.2 Å². The van der Waals surface area contributed by atoms with Crippen LogP contribution in [0.25, 0.3) is 0 Å². The maximum Gasteiger partial charge on any atom is 0.121 e. The molecule has 0 aliphatic carbocycles. The summed E-state index contributed by atoms with van der Waals surface area (Å²) in [6.07, 6.45) is 3.50. The molecule has 5 nitrogen and oxygen atoms in total. The first-order valence-corrected chi connectivity index (χ1v) is 4.33. The Bertz CT molecular complexity index is 316. The predicted octanol–water partition coefficient (Wildman–Crippen LogP) is 1.33. The molecule has 0 aliphatic rings. The van der Waals surface area contributed by atoms with Crippen LogP contribution in [0.5, 0.6) is 0 Å². The maximum atomic E-state index is 5.32. The lowest BCUT2D eigenvalue weighted by molar-refractivity contribution is 1.04. The number of nitrogens with zero attached hydrogens (tertiary/aromatic N) is 2. The Balaban J connectivity index is 0.000000140. The first kappa shape index (κ1) is 10.3. The molecule has 0 amide bonds. The summed E-state index contributed by atoms with van der Waals surface area (Å²) in [4.78, 5) is 0. The minimum atomic E-state index is 0.653. The van der Waals surface area contributed by atoms with Gasteiger partial charge in [0.2, 0.25) is 0 Å². The average molecular weight is 193 g/mol. The Hall–Kier alpha value is -1.78. The highest BCUT2D eigenvalue weighted by atomic mass is 15.1. The molecule has 2 heterocycles. The summed E-state index contributed by atoms with van der Waals surface area (Å²) in [5.41, 5.74) is 8.70. The second kappa shape index (κ2) is 4.45.